The average Bonchev–Trinajstić information content (AvgIpc) is 1.85. The van der Waals surface area contributed by atoms with Crippen molar-refractivity contribution in [2.45, 2.75) is 38.1 Å². The normalized spacial score (nSPS) is 18.1. The van der Waals surface area contributed by atoms with Crippen LogP contribution in [-0.2, 0) is 10.4 Å². The van der Waals surface area contributed by atoms with Crippen LogP contribution in [0.4, 0.5) is 0 Å². The maximum Gasteiger partial charge on any atom is 1.00 e. The van der Waals surface area contributed by atoms with E-state index < -0.39 is 10.4 Å². The Kier molecular flexibility index (Phi) is 10.2. The van der Waals surface area contributed by atoms with Crippen molar-refractivity contribution in [3.8, 4) is 0 Å². The van der Waals surface area contributed by atoms with Crippen LogP contribution in [0.2, 0.25) is 0 Å². The van der Waals surface area contributed by atoms with Crippen LogP contribution in [0.1, 0.15) is 32.1 Å². The molecule has 7 heteroatoms. The van der Waals surface area contributed by atoms with Crippen molar-refractivity contribution in [2.24, 2.45) is 0 Å². The molecule has 1 rings (SSSR count). The minimum absolute atomic E-state index is 0. The third-order valence-corrected chi connectivity index (χ3v) is 1.61. The van der Waals surface area contributed by atoms with Gasteiger partial charge in [0.15, 0.2) is 0 Å². The molecule has 0 aromatic heterocycles. The molecule has 74 valence electrons. The third kappa shape index (κ3) is 19.3. The van der Waals surface area contributed by atoms with Gasteiger partial charge in [0.1, 0.15) is 0 Å². The third-order valence-electron chi connectivity index (χ3n) is 1.61. The molecule has 0 atom stereocenters. The van der Waals surface area contributed by atoms with E-state index in [1.165, 1.54) is 19.3 Å². The maximum absolute atomic E-state index is 8.74. The first-order chi connectivity index (χ1) is 5.39. The summed E-state index contributed by atoms with van der Waals surface area (Å²) < 4.78 is 31.6. The molecule has 0 aliphatic heterocycles. The van der Waals surface area contributed by atoms with Crippen molar-refractivity contribution in [1.29, 1.82) is 0 Å². The quantitative estimate of drug-likeness (QED) is 0.391. The molecule has 0 heterocycles. The van der Waals surface area contributed by atoms with Gasteiger partial charge in [0, 0.05) is 0 Å². The van der Waals surface area contributed by atoms with E-state index in [1.54, 1.807) is 0 Å². The molecule has 0 unspecified atom stereocenters. The predicted octanol–water partition coefficient (Wildman–Crippen LogP) is -1.28. The summed E-state index contributed by atoms with van der Waals surface area (Å²) in [4.78, 5) is 0. The van der Waals surface area contributed by atoms with E-state index in [0.29, 0.717) is 0 Å². The molecule has 13 heavy (non-hydrogen) atoms. The molecule has 0 spiro atoms. The van der Waals surface area contributed by atoms with Gasteiger partial charge >= 0.3 is 40.0 Å². The maximum atomic E-state index is 8.74. The fourth-order valence-corrected chi connectivity index (χ4v) is 1.10. The number of nitrogens with one attached hydrogen (secondary N) is 1. The van der Waals surface area contributed by atoms with Gasteiger partial charge in [-0.05, 0) is 0 Å². The molecule has 0 radical (unpaired) electrons. The minimum Gasteiger partial charge on any atom is -0.675 e. The van der Waals surface area contributed by atoms with Crippen molar-refractivity contribution < 1.29 is 47.1 Å². The second-order valence-corrected chi connectivity index (χ2v) is 3.68. The Labute approximate surface area is 101 Å². The Morgan fingerprint density at radius 1 is 1.08 bits per heavy atom. The first-order valence-corrected chi connectivity index (χ1v) is 5.20. The number of rotatable bonds is 0. The van der Waals surface area contributed by atoms with Crippen molar-refractivity contribution in [2.75, 3.05) is 0 Å². The molecule has 0 saturated heterocycles. The van der Waals surface area contributed by atoms with Gasteiger partial charge in [-0.15, -0.1) is 6.04 Å². The second-order valence-electron chi connectivity index (χ2n) is 2.78. The van der Waals surface area contributed by atoms with Crippen LogP contribution in [-0.4, -0.2) is 23.6 Å². The Hall–Kier alpha value is 0.830. The molecule has 0 bridgehead atoms. The fourth-order valence-electron chi connectivity index (χ4n) is 1.10. The molecular weight excluding hydrogens is 205 g/mol. The molecule has 0 amide bonds. The molecule has 1 aliphatic rings. The van der Waals surface area contributed by atoms with Gasteiger partial charge in [-0.3, -0.25) is 9.11 Å². The summed E-state index contributed by atoms with van der Waals surface area (Å²) in [7, 11) is -4.67. The summed E-state index contributed by atoms with van der Waals surface area (Å²) in [5.74, 6) is 0. The summed E-state index contributed by atoms with van der Waals surface area (Å²) in [6, 6.07) is 0.286. The Balaban J connectivity index is 0. The Morgan fingerprint density at radius 2 is 1.38 bits per heavy atom. The summed E-state index contributed by atoms with van der Waals surface area (Å²) >= 11 is 0. The summed E-state index contributed by atoms with van der Waals surface area (Å²) in [5, 5.41) is 0. The van der Waals surface area contributed by atoms with Crippen molar-refractivity contribution in [3.63, 3.8) is 0 Å². The van der Waals surface area contributed by atoms with E-state index in [1.807, 2.05) is 0 Å². The van der Waals surface area contributed by atoms with Gasteiger partial charge in [0.25, 0.3) is 0 Å². The van der Waals surface area contributed by atoms with Gasteiger partial charge in [-0.2, -0.15) is 8.42 Å². The SMILES string of the molecule is O=S(=O)(O)O.[NH-]C1CCCCC1.[Na+]. The molecule has 0 aromatic rings. The molecule has 1 saturated carbocycles. The van der Waals surface area contributed by atoms with Gasteiger partial charge in [0.05, 0.1) is 0 Å². The van der Waals surface area contributed by atoms with Crippen molar-refractivity contribution in [1.82, 2.24) is 0 Å². The molecular formula is C6H14NNaO4S. The van der Waals surface area contributed by atoms with E-state index in [-0.39, 0.29) is 35.6 Å². The van der Waals surface area contributed by atoms with Gasteiger partial charge < -0.3 is 5.73 Å². The second kappa shape index (κ2) is 8.16. The monoisotopic (exact) mass is 219 g/mol. The largest absolute Gasteiger partial charge is 1.00 e. The molecule has 3 N–H and O–H groups in total. The summed E-state index contributed by atoms with van der Waals surface area (Å²) in [5.41, 5.74) is 7.27. The number of hydrogen-bond donors (Lipinski definition) is 2. The minimum atomic E-state index is -4.67. The van der Waals surface area contributed by atoms with E-state index in [9.17, 15) is 0 Å². The average molecular weight is 219 g/mol. The smallest absolute Gasteiger partial charge is 0.675 e. The van der Waals surface area contributed by atoms with Crippen LogP contribution in [0.3, 0.4) is 0 Å². The van der Waals surface area contributed by atoms with E-state index in [0.717, 1.165) is 12.8 Å². The fraction of sp³-hybridized carbons (Fsp3) is 1.00. The van der Waals surface area contributed by atoms with E-state index in [2.05, 4.69) is 0 Å². The Morgan fingerprint density at radius 3 is 1.54 bits per heavy atom. The topological polar surface area (TPSA) is 98.4 Å². The predicted molar refractivity (Wildman–Crippen MR) is 45.4 cm³/mol. The van der Waals surface area contributed by atoms with E-state index >= 15 is 0 Å². The van der Waals surface area contributed by atoms with Crippen LogP contribution in [0.25, 0.3) is 5.73 Å². The van der Waals surface area contributed by atoms with Gasteiger partial charge in [-0.25, -0.2) is 0 Å². The van der Waals surface area contributed by atoms with Crippen LogP contribution < -0.4 is 29.6 Å². The zero-order chi connectivity index (χ0) is 9.61. The van der Waals surface area contributed by atoms with Gasteiger partial charge in [0.2, 0.25) is 0 Å². The molecule has 1 aliphatic carbocycles. The van der Waals surface area contributed by atoms with Gasteiger partial charge in [-0.1, -0.05) is 32.1 Å². The van der Waals surface area contributed by atoms with Crippen molar-refractivity contribution in [3.05, 3.63) is 5.73 Å². The first kappa shape index (κ1) is 16.3. The zero-order valence-corrected chi connectivity index (χ0v) is 10.5. The summed E-state index contributed by atoms with van der Waals surface area (Å²) in [6.07, 6.45) is 6.28. The standard InChI is InChI=1S/C6H12N.Na.H2O4S/c7-6-4-2-1-3-5-6;;1-5(2,3)4/h6-7H,1-5H2;;(H2,1,2,3,4)/q-1;+1;. The number of hydrogen-bond acceptors (Lipinski definition) is 2. The summed E-state index contributed by atoms with van der Waals surface area (Å²) in [6.45, 7) is 0. The van der Waals surface area contributed by atoms with Crippen LogP contribution in [0.15, 0.2) is 0 Å². The van der Waals surface area contributed by atoms with Crippen LogP contribution in [0.5, 0.6) is 0 Å². The van der Waals surface area contributed by atoms with Crippen LogP contribution in [0, 0.1) is 0 Å². The molecule has 5 nitrogen and oxygen atoms in total. The zero-order valence-electron chi connectivity index (χ0n) is 7.73. The van der Waals surface area contributed by atoms with Crippen molar-refractivity contribution >= 4 is 10.4 Å². The molecule has 0 aromatic carbocycles. The first-order valence-electron chi connectivity index (χ1n) is 3.80. The van der Waals surface area contributed by atoms with Crippen LogP contribution >= 0.6 is 0 Å². The van der Waals surface area contributed by atoms with E-state index in [4.69, 9.17) is 23.3 Å². The Bertz CT molecular complexity index is 193. The molecule has 1 fully saturated rings.